The summed E-state index contributed by atoms with van der Waals surface area (Å²) in [6, 6.07) is 4.86. The van der Waals surface area contributed by atoms with Gasteiger partial charge in [0.1, 0.15) is 11.6 Å². The predicted octanol–water partition coefficient (Wildman–Crippen LogP) is 4.38. The summed E-state index contributed by atoms with van der Waals surface area (Å²) in [5, 5.41) is 0.642. The first-order valence-corrected chi connectivity index (χ1v) is 8.06. The highest BCUT2D eigenvalue weighted by Gasteiger charge is 2.17. The molecule has 0 atom stereocenters. The number of Topliss-reactive ketones (excluding diaryl/α,β-unsaturated/α-hetero) is 1. The molecule has 0 saturated heterocycles. The first-order chi connectivity index (χ1) is 8.65. The van der Waals surface area contributed by atoms with Crippen LogP contribution in [0.15, 0.2) is 22.7 Å². The van der Waals surface area contributed by atoms with E-state index in [4.69, 9.17) is 0 Å². The van der Waals surface area contributed by atoms with E-state index in [1.165, 1.54) is 31.7 Å². The van der Waals surface area contributed by atoms with Crippen molar-refractivity contribution in [1.82, 2.24) is 0 Å². The zero-order valence-electron chi connectivity index (χ0n) is 10.1. The summed E-state index contributed by atoms with van der Waals surface area (Å²) < 4.78 is 14.3. The number of carbonyl (C=O) groups is 1. The van der Waals surface area contributed by atoms with Crippen LogP contribution < -0.4 is 0 Å². The second kappa shape index (κ2) is 6.71. The summed E-state index contributed by atoms with van der Waals surface area (Å²) >= 11 is 4.95. The highest BCUT2D eigenvalue weighted by Crippen LogP contribution is 2.29. The van der Waals surface area contributed by atoms with Crippen LogP contribution in [-0.2, 0) is 11.2 Å². The van der Waals surface area contributed by atoms with Gasteiger partial charge in [0.15, 0.2) is 0 Å². The molecule has 1 aromatic carbocycles. The number of thioether (sulfide) groups is 1. The third-order valence-corrected chi connectivity index (χ3v) is 5.11. The highest BCUT2D eigenvalue weighted by molar-refractivity contribution is 9.10. The molecule has 1 nitrogen and oxygen atoms in total. The molecule has 0 aromatic heterocycles. The van der Waals surface area contributed by atoms with Crippen LogP contribution in [0.4, 0.5) is 4.39 Å². The van der Waals surface area contributed by atoms with Gasteiger partial charge in [-0.05, 0) is 30.5 Å². The minimum atomic E-state index is -0.302. The standard InChI is InChI=1S/C14H16BrFOS/c15-11-6-5-10(14(16)8-11)7-12(17)9-18-13-3-1-2-4-13/h5-6,8,13H,1-4,7,9H2. The van der Waals surface area contributed by atoms with Crippen molar-refractivity contribution < 1.29 is 9.18 Å². The second-order valence-electron chi connectivity index (χ2n) is 4.67. The largest absolute Gasteiger partial charge is 0.298 e. The Kier molecular flexibility index (Phi) is 5.25. The van der Waals surface area contributed by atoms with Crippen molar-refractivity contribution in [2.24, 2.45) is 0 Å². The summed E-state index contributed by atoms with van der Waals surface area (Å²) in [6.07, 6.45) is 5.23. The van der Waals surface area contributed by atoms with E-state index < -0.39 is 0 Å². The summed E-state index contributed by atoms with van der Waals surface area (Å²) in [5.74, 6) is 0.330. The van der Waals surface area contributed by atoms with Crippen LogP contribution in [-0.4, -0.2) is 16.8 Å². The molecule has 0 heterocycles. The van der Waals surface area contributed by atoms with Gasteiger partial charge >= 0.3 is 0 Å². The SMILES string of the molecule is O=C(CSC1CCCC1)Cc1ccc(Br)cc1F. The van der Waals surface area contributed by atoms with Crippen molar-refractivity contribution in [2.45, 2.75) is 37.4 Å². The lowest BCUT2D eigenvalue weighted by molar-refractivity contribution is -0.116. The number of hydrogen-bond acceptors (Lipinski definition) is 2. The van der Waals surface area contributed by atoms with Crippen molar-refractivity contribution in [1.29, 1.82) is 0 Å². The van der Waals surface area contributed by atoms with Crippen molar-refractivity contribution in [2.75, 3.05) is 5.75 Å². The van der Waals surface area contributed by atoms with Crippen LogP contribution >= 0.6 is 27.7 Å². The molecular formula is C14H16BrFOS. The van der Waals surface area contributed by atoms with Crippen molar-refractivity contribution in [3.8, 4) is 0 Å². The van der Waals surface area contributed by atoms with Gasteiger partial charge in [0, 0.05) is 16.1 Å². The van der Waals surface area contributed by atoms with Crippen molar-refractivity contribution in [3.05, 3.63) is 34.1 Å². The van der Waals surface area contributed by atoms with Crippen LogP contribution in [0.1, 0.15) is 31.2 Å². The number of carbonyl (C=O) groups excluding carboxylic acids is 1. The van der Waals surface area contributed by atoms with Crippen molar-refractivity contribution in [3.63, 3.8) is 0 Å². The Balaban J connectivity index is 1.82. The average molecular weight is 331 g/mol. The van der Waals surface area contributed by atoms with E-state index in [0.717, 1.165) is 0 Å². The summed E-state index contributed by atoms with van der Waals surface area (Å²) in [7, 11) is 0. The van der Waals surface area contributed by atoms with Gasteiger partial charge in [-0.15, -0.1) is 0 Å². The van der Waals surface area contributed by atoms with E-state index in [1.54, 1.807) is 23.9 Å². The normalized spacial score (nSPS) is 16.1. The molecule has 1 aliphatic rings. The van der Waals surface area contributed by atoms with Gasteiger partial charge in [-0.3, -0.25) is 4.79 Å². The molecule has 1 saturated carbocycles. The maximum absolute atomic E-state index is 13.6. The van der Waals surface area contributed by atoms with E-state index in [0.29, 0.717) is 21.0 Å². The number of rotatable bonds is 5. The van der Waals surface area contributed by atoms with E-state index in [1.807, 2.05) is 0 Å². The maximum atomic E-state index is 13.6. The van der Waals surface area contributed by atoms with Gasteiger partial charge in [-0.1, -0.05) is 34.8 Å². The fraction of sp³-hybridized carbons (Fsp3) is 0.500. The Morgan fingerprint density at radius 1 is 1.39 bits per heavy atom. The third kappa shape index (κ3) is 4.09. The Morgan fingerprint density at radius 3 is 2.78 bits per heavy atom. The van der Waals surface area contributed by atoms with Gasteiger partial charge in [0.2, 0.25) is 0 Å². The first-order valence-electron chi connectivity index (χ1n) is 6.22. The lowest BCUT2D eigenvalue weighted by Gasteiger charge is -2.08. The van der Waals surface area contributed by atoms with Crippen LogP contribution in [0.2, 0.25) is 0 Å². The number of halogens is 2. The molecule has 0 aliphatic heterocycles. The van der Waals surface area contributed by atoms with Gasteiger partial charge in [-0.25, -0.2) is 4.39 Å². The smallest absolute Gasteiger partial charge is 0.147 e. The Hall–Kier alpha value is -0.350. The van der Waals surface area contributed by atoms with Gasteiger partial charge in [0.25, 0.3) is 0 Å². The molecule has 1 aromatic rings. The van der Waals surface area contributed by atoms with Crippen LogP contribution in [0.25, 0.3) is 0 Å². The monoisotopic (exact) mass is 330 g/mol. The molecule has 0 bridgehead atoms. The molecule has 0 unspecified atom stereocenters. The van der Waals surface area contributed by atoms with E-state index in [9.17, 15) is 9.18 Å². The predicted molar refractivity (Wildman–Crippen MR) is 77.5 cm³/mol. The molecule has 18 heavy (non-hydrogen) atoms. The molecular weight excluding hydrogens is 315 g/mol. The Labute approximate surface area is 120 Å². The molecule has 1 aliphatic carbocycles. The zero-order chi connectivity index (χ0) is 13.0. The fourth-order valence-electron chi connectivity index (χ4n) is 2.19. The van der Waals surface area contributed by atoms with Crippen LogP contribution in [0, 0.1) is 5.82 Å². The number of benzene rings is 1. The third-order valence-electron chi connectivity index (χ3n) is 3.18. The highest BCUT2D eigenvalue weighted by atomic mass is 79.9. The second-order valence-corrected chi connectivity index (χ2v) is 6.87. The molecule has 4 heteroatoms. The molecule has 0 N–H and O–H groups in total. The maximum Gasteiger partial charge on any atom is 0.147 e. The van der Waals surface area contributed by atoms with Gasteiger partial charge < -0.3 is 0 Å². The molecule has 1 fully saturated rings. The minimum Gasteiger partial charge on any atom is -0.298 e. The number of hydrogen-bond donors (Lipinski definition) is 0. The van der Waals surface area contributed by atoms with E-state index >= 15 is 0 Å². The van der Waals surface area contributed by atoms with E-state index in [2.05, 4.69) is 15.9 Å². The van der Waals surface area contributed by atoms with Gasteiger partial charge in [0.05, 0.1) is 5.75 Å². The topological polar surface area (TPSA) is 17.1 Å². The summed E-state index contributed by atoms with van der Waals surface area (Å²) in [6.45, 7) is 0. The zero-order valence-corrected chi connectivity index (χ0v) is 12.5. The Bertz CT molecular complexity index is 430. The van der Waals surface area contributed by atoms with Crippen molar-refractivity contribution >= 4 is 33.5 Å². The Morgan fingerprint density at radius 2 is 2.11 bits per heavy atom. The molecule has 98 valence electrons. The van der Waals surface area contributed by atoms with Gasteiger partial charge in [-0.2, -0.15) is 11.8 Å². The lowest BCUT2D eigenvalue weighted by Crippen LogP contribution is -2.10. The number of ketones is 1. The molecule has 0 spiro atoms. The molecule has 0 radical (unpaired) electrons. The van der Waals surface area contributed by atoms with E-state index in [-0.39, 0.29) is 18.0 Å². The molecule has 2 rings (SSSR count). The summed E-state index contributed by atoms with van der Waals surface area (Å²) in [5.41, 5.74) is 0.496. The average Bonchev–Trinajstić information content (AvgIpc) is 2.83. The molecule has 0 amide bonds. The fourth-order valence-corrected chi connectivity index (χ4v) is 3.72. The summed E-state index contributed by atoms with van der Waals surface area (Å²) in [4.78, 5) is 11.8. The quantitative estimate of drug-likeness (QED) is 0.797. The van der Waals surface area contributed by atoms with Crippen LogP contribution in [0.3, 0.4) is 0 Å². The van der Waals surface area contributed by atoms with Crippen LogP contribution in [0.5, 0.6) is 0 Å². The minimum absolute atomic E-state index is 0.119. The lowest BCUT2D eigenvalue weighted by atomic mass is 10.1. The first kappa shape index (κ1) is 14.1.